The van der Waals surface area contributed by atoms with E-state index in [2.05, 4.69) is 21.6 Å². The van der Waals surface area contributed by atoms with Crippen molar-refractivity contribution in [3.63, 3.8) is 0 Å². The zero-order valence-electron chi connectivity index (χ0n) is 16.2. The Morgan fingerprint density at radius 1 is 1.10 bits per heavy atom. The van der Waals surface area contributed by atoms with E-state index in [-0.39, 0.29) is 18.2 Å². The predicted octanol–water partition coefficient (Wildman–Crippen LogP) is 2.64. The number of nitrogens with zero attached hydrogens (tertiary/aromatic N) is 1. The van der Waals surface area contributed by atoms with Crippen LogP contribution in [-0.4, -0.2) is 48.3 Å². The molecule has 1 fully saturated rings. The summed E-state index contributed by atoms with van der Waals surface area (Å²) in [5.41, 5.74) is 3.14. The third-order valence-corrected chi connectivity index (χ3v) is 6.44. The number of morpholine rings is 1. The summed E-state index contributed by atoms with van der Waals surface area (Å²) in [6.45, 7) is 4.71. The van der Waals surface area contributed by atoms with Gasteiger partial charge in [0.2, 0.25) is 11.8 Å². The number of ether oxygens (including phenoxy) is 1. The Morgan fingerprint density at radius 2 is 1.83 bits per heavy atom. The van der Waals surface area contributed by atoms with E-state index in [0.717, 1.165) is 49.0 Å². The molecule has 0 unspecified atom stereocenters. The second kappa shape index (κ2) is 9.43. The van der Waals surface area contributed by atoms with Gasteiger partial charge >= 0.3 is 0 Å². The van der Waals surface area contributed by atoms with E-state index < -0.39 is 5.25 Å². The number of hydrogen-bond donors (Lipinski definition) is 2. The van der Waals surface area contributed by atoms with Crippen molar-refractivity contribution < 1.29 is 14.3 Å². The molecule has 2 aliphatic heterocycles. The van der Waals surface area contributed by atoms with E-state index >= 15 is 0 Å². The van der Waals surface area contributed by atoms with Gasteiger partial charge in [-0.15, -0.1) is 11.8 Å². The van der Waals surface area contributed by atoms with Gasteiger partial charge < -0.3 is 15.4 Å². The molecule has 4 rings (SSSR count). The van der Waals surface area contributed by atoms with Crippen LogP contribution in [0, 0.1) is 0 Å². The Morgan fingerprint density at radius 3 is 2.66 bits per heavy atom. The summed E-state index contributed by atoms with van der Waals surface area (Å²) in [6.07, 6.45) is 0.163. The van der Waals surface area contributed by atoms with Crippen LogP contribution in [0.2, 0.25) is 0 Å². The van der Waals surface area contributed by atoms with Gasteiger partial charge in [0, 0.05) is 37.5 Å². The topological polar surface area (TPSA) is 70.7 Å². The van der Waals surface area contributed by atoms with Gasteiger partial charge in [0.15, 0.2) is 0 Å². The van der Waals surface area contributed by atoms with Crippen LogP contribution in [0.3, 0.4) is 0 Å². The lowest BCUT2D eigenvalue weighted by molar-refractivity contribution is -0.124. The quantitative estimate of drug-likeness (QED) is 0.765. The first-order chi connectivity index (χ1) is 14.2. The molecule has 2 heterocycles. The number of thioether (sulfide) groups is 1. The van der Waals surface area contributed by atoms with E-state index in [1.54, 1.807) is 0 Å². The molecule has 0 radical (unpaired) electrons. The van der Waals surface area contributed by atoms with E-state index in [9.17, 15) is 9.59 Å². The molecule has 1 atom stereocenters. The molecule has 2 aromatic rings. The molecular weight excluding hydrogens is 386 g/mol. The lowest BCUT2D eigenvalue weighted by Crippen LogP contribution is -2.36. The molecule has 0 spiro atoms. The molecule has 2 N–H and O–H groups in total. The SMILES string of the molecule is O=C(C[C@H]1Sc2ccccc2NC1=O)NCc1ccccc1CN1CCOCC1. The van der Waals surface area contributed by atoms with E-state index in [1.165, 1.54) is 17.3 Å². The highest BCUT2D eigenvalue weighted by atomic mass is 32.2. The Hall–Kier alpha value is -2.35. The zero-order valence-corrected chi connectivity index (χ0v) is 17.0. The van der Waals surface area contributed by atoms with Crippen LogP contribution in [0.5, 0.6) is 0 Å². The van der Waals surface area contributed by atoms with Gasteiger partial charge in [-0.25, -0.2) is 0 Å². The summed E-state index contributed by atoms with van der Waals surface area (Å²) in [6, 6.07) is 15.8. The number of nitrogens with one attached hydrogen (secondary N) is 2. The monoisotopic (exact) mass is 411 g/mol. The third kappa shape index (κ3) is 5.18. The molecule has 0 aromatic heterocycles. The first-order valence-electron chi connectivity index (χ1n) is 9.89. The summed E-state index contributed by atoms with van der Waals surface area (Å²) in [4.78, 5) is 28.2. The van der Waals surface area contributed by atoms with Crippen molar-refractivity contribution in [2.24, 2.45) is 0 Å². The number of rotatable bonds is 6. The number of anilines is 1. The average molecular weight is 412 g/mol. The molecule has 152 valence electrons. The molecule has 2 amide bonds. The maximum atomic E-state index is 12.5. The van der Waals surface area contributed by atoms with Crippen LogP contribution in [0.15, 0.2) is 53.4 Å². The highest BCUT2D eigenvalue weighted by Crippen LogP contribution is 2.36. The maximum Gasteiger partial charge on any atom is 0.238 e. The van der Waals surface area contributed by atoms with E-state index in [0.29, 0.717) is 6.54 Å². The minimum atomic E-state index is -0.409. The van der Waals surface area contributed by atoms with Gasteiger partial charge in [0.1, 0.15) is 0 Å². The number of fused-ring (bicyclic) bond motifs is 1. The van der Waals surface area contributed by atoms with E-state index in [4.69, 9.17) is 4.74 Å². The molecule has 2 aliphatic rings. The normalized spacial score (nSPS) is 19.3. The minimum absolute atomic E-state index is 0.113. The minimum Gasteiger partial charge on any atom is -0.379 e. The van der Waals surface area contributed by atoms with Crippen molar-refractivity contribution in [3.8, 4) is 0 Å². The fraction of sp³-hybridized carbons (Fsp3) is 0.364. The van der Waals surface area contributed by atoms with Crippen LogP contribution >= 0.6 is 11.8 Å². The van der Waals surface area contributed by atoms with Gasteiger partial charge in [-0.2, -0.15) is 0 Å². The van der Waals surface area contributed by atoms with Gasteiger partial charge in [-0.05, 0) is 23.3 Å². The van der Waals surface area contributed by atoms with Crippen molar-refractivity contribution in [2.45, 2.75) is 29.7 Å². The van der Waals surface area contributed by atoms with Crippen molar-refractivity contribution in [1.29, 1.82) is 0 Å². The van der Waals surface area contributed by atoms with Crippen LogP contribution < -0.4 is 10.6 Å². The maximum absolute atomic E-state index is 12.5. The Balaban J connectivity index is 1.32. The van der Waals surface area contributed by atoms with Gasteiger partial charge in [0.25, 0.3) is 0 Å². The largest absolute Gasteiger partial charge is 0.379 e. The van der Waals surface area contributed by atoms with E-state index in [1.807, 2.05) is 42.5 Å². The molecular formula is C22H25N3O3S. The van der Waals surface area contributed by atoms with Gasteiger partial charge in [0.05, 0.1) is 24.2 Å². The summed E-state index contributed by atoms with van der Waals surface area (Å²) in [5.74, 6) is -0.227. The first kappa shape index (κ1) is 19.9. The number of amides is 2. The number of carbonyl (C=O) groups is 2. The van der Waals surface area contributed by atoms with Gasteiger partial charge in [-0.3, -0.25) is 14.5 Å². The van der Waals surface area contributed by atoms with Crippen LogP contribution in [0.1, 0.15) is 17.5 Å². The number of hydrogen-bond acceptors (Lipinski definition) is 5. The molecule has 29 heavy (non-hydrogen) atoms. The molecule has 1 saturated heterocycles. The fourth-order valence-electron chi connectivity index (χ4n) is 3.55. The second-order valence-corrected chi connectivity index (χ2v) is 8.47. The molecule has 2 aromatic carbocycles. The van der Waals surface area contributed by atoms with Crippen molar-refractivity contribution >= 4 is 29.3 Å². The Bertz CT molecular complexity index is 883. The summed E-state index contributed by atoms with van der Waals surface area (Å²) in [5, 5.41) is 5.47. The summed E-state index contributed by atoms with van der Waals surface area (Å²) >= 11 is 1.45. The molecule has 0 aliphatic carbocycles. The van der Waals surface area contributed by atoms with Crippen LogP contribution in [0.4, 0.5) is 5.69 Å². The highest BCUT2D eigenvalue weighted by Gasteiger charge is 2.28. The third-order valence-electron chi connectivity index (χ3n) is 5.17. The lowest BCUT2D eigenvalue weighted by Gasteiger charge is -2.27. The second-order valence-electron chi connectivity index (χ2n) is 7.23. The molecule has 0 bridgehead atoms. The van der Waals surface area contributed by atoms with Crippen LogP contribution in [0.25, 0.3) is 0 Å². The summed E-state index contributed by atoms with van der Waals surface area (Å²) in [7, 11) is 0. The molecule has 6 nitrogen and oxygen atoms in total. The average Bonchev–Trinajstić information content (AvgIpc) is 2.74. The van der Waals surface area contributed by atoms with Crippen molar-refractivity contribution in [3.05, 3.63) is 59.7 Å². The number of benzene rings is 2. The van der Waals surface area contributed by atoms with Crippen LogP contribution in [-0.2, 0) is 27.4 Å². The Kier molecular flexibility index (Phi) is 6.49. The summed E-state index contributed by atoms with van der Waals surface area (Å²) < 4.78 is 5.42. The number of carbonyl (C=O) groups excluding carboxylic acids is 2. The number of para-hydroxylation sites is 1. The van der Waals surface area contributed by atoms with Crippen molar-refractivity contribution in [1.82, 2.24) is 10.2 Å². The fourth-order valence-corrected chi connectivity index (χ4v) is 4.66. The first-order valence-corrected chi connectivity index (χ1v) is 10.8. The predicted molar refractivity (Wildman–Crippen MR) is 114 cm³/mol. The Labute approximate surface area is 175 Å². The van der Waals surface area contributed by atoms with Crippen molar-refractivity contribution in [2.75, 3.05) is 31.6 Å². The smallest absolute Gasteiger partial charge is 0.238 e. The standard InChI is InChI=1S/C22H25N3O3S/c26-21(13-20-22(27)24-18-7-3-4-8-19(18)29-20)23-14-16-5-1-2-6-17(16)15-25-9-11-28-12-10-25/h1-8,20H,9-15H2,(H,23,26)(H,24,27)/t20-/m1/s1. The highest BCUT2D eigenvalue weighted by molar-refractivity contribution is 8.01. The molecule has 0 saturated carbocycles. The lowest BCUT2D eigenvalue weighted by atomic mass is 10.1. The molecule has 7 heteroatoms. The van der Waals surface area contributed by atoms with Gasteiger partial charge in [-0.1, -0.05) is 36.4 Å². The zero-order chi connectivity index (χ0) is 20.1.